The zero-order valence-corrected chi connectivity index (χ0v) is 15.7. The quantitative estimate of drug-likeness (QED) is 0.796. The van der Waals surface area contributed by atoms with Crippen LogP contribution in [0, 0.1) is 6.92 Å². The maximum Gasteiger partial charge on any atom is 0.244 e. The van der Waals surface area contributed by atoms with Crippen LogP contribution in [-0.2, 0) is 20.0 Å². The zero-order chi connectivity index (χ0) is 17.4. The van der Waals surface area contributed by atoms with Gasteiger partial charge in [-0.2, -0.15) is 4.31 Å². The summed E-state index contributed by atoms with van der Waals surface area (Å²) in [6, 6.07) is 4.89. The average molecular weight is 381 g/mol. The predicted molar refractivity (Wildman–Crippen MR) is 90.6 cm³/mol. The summed E-state index contributed by atoms with van der Waals surface area (Å²) in [4.78, 5) is 0.0598. The van der Waals surface area contributed by atoms with Gasteiger partial charge < -0.3 is 0 Å². The fourth-order valence-corrected chi connectivity index (χ4v) is 6.57. The van der Waals surface area contributed by atoms with Gasteiger partial charge in [0.2, 0.25) is 20.0 Å². The molecular formula is C14H21ClN2O4S2. The third-order valence-corrected chi connectivity index (χ3v) is 8.77. The highest BCUT2D eigenvalue weighted by Crippen LogP contribution is 2.30. The van der Waals surface area contributed by atoms with E-state index >= 15 is 0 Å². The molecule has 1 aromatic rings. The first-order valence-corrected chi connectivity index (χ1v) is 10.6. The molecule has 0 amide bonds. The molecule has 1 saturated heterocycles. The molecule has 0 aromatic heterocycles. The Kier molecular flexibility index (Phi) is 5.42. The van der Waals surface area contributed by atoms with Crippen molar-refractivity contribution in [2.45, 2.75) is 29.9 Å². The van der Waals surface area contributed by atoms with Gasteiger partial charge in [-0.25, -0.2) is 21.1 Å². The Morgan fingerprint density at radius 2 is 1.87 bits per heavy atom. The van der Waals surface area contributed by atoms with E-state index in [1.807, 2.05) is 0 Å². The van der Waals surface area contributed by atoms with Crippen LogP contribution in [0.5, 0.6) is 0 Å². The van der Waals surface area contributed by atoms with Crippen molar-refractivity contribution in [3.05, 3.63) is 28.8 Å². The molecule has 130 valence electrons. The van der Waals surface area contributed by atoms with E-state index in [4.69, 9.17) is 11.6 Å². The van der Waals surface area contributed by atoms with Gasteiger partial charge in [-0.05, 0) is 31.4 Å². The minimum Gasteiger partial charge on any atom is -0.212 e. The average Bonchev–Trinajstić information content (AvgIpc) is 2.46. The van der Waals surface area contributed by atoms with E-state index < -0.39 is 25.3 Å². The summed E-state index contributed by atoms with van der Waals surface area (Å²) in [6.45, 7) is 1.93. The first kappa shape index (κ1) is 18.7. The number of rotatable bonds is 4. The Morgan fingerprint density at radius 3 is 2.43 bits per heavy atom. The number of piperidine rings is 1. The number of sulfonamides is 2. The third kappa shape index (κ3) is 3.56. The van der Waals surface area contributed by atoms with E-state index in [2.05, 4.69) is 0 Å². The number of benzene rings is 1. The molecule has 1 aliphatic rings. The van der Waals surface area contributed by atoms with Crippen LogP contribution in [-0.4, -0.2) is 57.9 Å². The predicted octanol–water partition coefficient (Wildman–Crippen LogP) is 1.69. The van der Waals surface area contributed by atoms with E-state index in [0.717, 1.165) is 4.31 Å². The molecule has 6 nitrogen and oxygen atoms in total. The van der Waals surface area contributed by atoms with Crippen molar-refractivity contribution in [1.82, 2.24) is 8.61 Å². The van der Waals surface area contributed by atoms with Crippen LogP contribution in [0.4, 0.5) is 0 Å². The summed E-state index contributed by atoms with van der Waals surface area (Å²) in [5, 5.41) is -0.577. The molecule has 1 unspecified atom stereocenters. The highest BCUT2D eigenvalue weighted by Gasteiger charge is 2.38. The minimum absolute atomic E-state index is 0.0481. The Balaban J connectivity index is 2.38. The molecule has 0 saturated carbocycles. The largest absolute Gasteiger partial charge is 0.244 e. The van der Waals surface area contributed by atoms with Crippen molar-refractivity contribution in [3.8, 4) is 0 Å². The molecule has 0 bridgehead atoms. The lowest BCUT2D eigenvalue weighted by atomic mass is 10.2. The summed E-state index contributed by atoms with van der Waals surface area (Å²) in [5.41, 5.74) is 0.551. The molecule has 0 N–H and O–H groups in total. The van der Waals surface area contributed by atoms with E-state index in [-0.39, 0.29) is 16.5 Å². The second-order valence-electron chi connectivity index (χ2n) is 5.84. The van der Waals surface area contributed by atoms with Gasteiger partial charge in [-0.15, -0.1) is 0 Å². The summed E-state index contributed by atoms with van der Waals surface area (Å²) in [5.74, 6) is 0. The van der Waals surface area contributed by atoms with Gasteiger partial charge in [0, 0.05) is 27.2 Å². The van der Waals surface area contributed by atoms with Gasteiger partial charge in [0.15, 0.2) is 0 Å². The monoisotopic (exact) mass is 380 g/mol. The number of halogens is 1. The van der Waals surface area contributed by atoms with Crippen LogP contribution in [0.25, 0.3) is 0 Å². The number of nitrogens with zero attached hydrogens (tertiary/aromatic N) is 2. The van der Waals surface area contributed by atoms with Crippen LogP contribution >= 0.6 is 11.6 Å². The van der Waals surface area contributed by atoms with Crippen LogP contribution in [0.1, 0.15) is 18.4 Å². The maximum atomic E-state index is 12.9. The Bertz CT molecular complexity index is 771. The molecule has 1 aromatic carbocycles. The van der Waals surface area contributed by atoms with E-state index in [1.54, 1.807) is 19.1 Å². The Hall–Kier alpha value is -0.670. The molecular weight excluding hydrogens is 360 g/mol. The lowest BCUT2D eigenvalue weighted by Gasteiger charge is -2.33. The topological polar surface area (TPSA) is 74.8 Å². The lowest BCUT2D eigenvalue weighted by Crippen LogP contribution is -2.48. The first-order chi connectivity index (χ1) is 10.6. The van der Waals surface area contributed by atoms with Crippen LogP contribution < -0.4 is 0 Å². The SMILES string of the molecule is Cc1cccc(Cl)c1S(=O)(=O)N1CCCC(S(=O)(=O)N(C)C)C1. The van der Waals surface area contributed by atoms with Gasteiger partial charge in [0.25, 0.3) is 0 Å². The zero-order valence-electron chi connectivity index (χ0n) is 13.4. The standard InChI is InChI=1S/C14H21ClN2O4S2/c1-11-6-4-8-13(15)14(11)23(20,21)17-9-5-7-12(10-17)22(18,19)16(2)3/h4,6,8,12H,5,7,9-10H2,1-3H3. The molecule has 9 heteroatoms. The molecule has 0 radical (unpaired) electrons. The van der Waals surface area contributed by atoms with Crippen molar-refractivity contribution in [1.29, 1.82) is 0 Å². The highest BCUT2D eigenvalue weighted by atomic mass is 35.5. The Labute approximate surface area is 143 Å². The molecule has 1 atom stereocenters. The smallest absolute Gasteiger partial charge is 0.212 e. The summed E-state index contributed by atoms with van der Waals surface area (Å²) >= 11 is 6.08. The van der Waals surface area contributed by atoms with Crippen LogP contribution in [0.3, 0.4) is 0 Å². The molecule has 1 heterocycles. The van der Waals surface area contributed by atoms with Gasteiger partial charge in [-0.3, -0.25) is 0 Å². The molecule has 2 rings (SSSR count). The molecule has 1 fully saturated rings. The van der Waals surface area contributed by atoms with Gasteiger partial charge in [0.1, 0.15) is 4.90 Å². The number of hydrogen-bond acceptors (Lipinski definition) is 4. The molecule has 23 heavy (non-hydrogen) atoms. The molecule has 0 aliphatic carbocycles. The van der Waals surface area contributed by atoms with E-state index in [0.29, 0.717) is 24.9 Å². The summed E-state index contributed by atoms with van der Waals surface area (Å²) in [6.07, 6.45) is 0.953. The van der Waals surface area contributed by atoms with Gasteiger partial charge >= 0.3 is 0 Å². The number of aryl methyl sites for hydroxylation is 1. The number of hydrogen-bond donors (Lipinski definition) is 0. The van der Waals surface area contributed by atoms with E-state index in [1.165, 1.54) is 24.5 Å². The third-order valence-electron chi connectivity index (χ3n) is 4.03. The lowest BCUT2D eigenvalue weighted by molar-refractivity contribution is 0.339. The highest BCUT2D eigenvalue weighted by molar-refractivity contribution is 7.90. The van der Waals surface area contributed by atoms with Crippen LogP contribution in [0.2, 0.25) is 5.02 Å². The fourth-order valence-electron chi connectivity index (χ4n) is 2.74. The maximum absolute atomic E-state index is 12.9. The molecule has 1 aliphatic heterocycles. The Morgan fingerprint density at radius 1 is 1.22 bits per heavy atom. The first-order valence-electron chi connectivity index (χ1n) is 7.25. The van der Waals surface area contributed by atoms with Gasteiger partial charge in [-0.1, -0.05) is 23.7 Å². The second kappa shape index (κ2) is 6.68. The van der Waals surface area contributed by atoms with Gasteiger partial charge in [0.05, 0.1) is 10.3 Å². The van der Waals surface area contributed by atoms with Crippen molar-refractivity contribution >= 4 is 31.6 Å². The normalized spacial score (nSPS) is 20.8. The summed E-state index contributed by atoms with van der Waals surface area (Å²) in [7, 11) is -4.41. The van der Waals surface area contributed by atoms with Crippen molar-refractivity contribution in [2.24, 2.45) is 0 Å². The molecule has 0 spiro atoms. The van der Waals surface area contributed by atoms with Crippen molar-refractivity contribution < 1.29 is 16.8 Å². The minimum atomic E-state index is -3.82. The van der Waals surface area contributed by atoms with Crippen molar-refractivity contribution in [3.63, 3.8) is 0 Å². The van der Waals surface area contributed by atoms with Crippen LogP contribution in [0.15, 0.2) is 23.1 Å². The fraction of sp³-hybridized carbons (Fsp3) is 0.571. The summed E-state index contributed by atoms with van der Waals surface area (Å²) < 4.78 is 52.8. The van der Waals surface area contributed by atoms with E-state index in [9.17, 15) is 16.8 Å². The van der Waals surface area contributed by atoms with Crippen molar-refractivity contribution in [2.75, 3.05) is 27.2 Å². The second-order valence-corrected chi connectivity index (χ2v) is 10.5.